The zero-order valence-electron chi connectivity index (χ0n) is 20.1. The van der Waals surface area contributed by atoms with Crippen molar-refractivity contribution in [3.63, 3.8) is 0 Å². The fourth-order valence-electron chi connectivity index (χ4n) is 4.78. The molecule has 0 bridgehead atoms. The second-order valence-corrected chi connectivity index (χ2v) is 9.18. The first-order chi connectivity index (χ1) is 16.5. The third-order valence-corrected chi connectivity index (χ3v) is 6.95. The molecule has 1 saturated carbocycles. The average molecular weight is 466 g/mol. The summed E-state index contributed by atoms with van der Waals surface area (Å²) in [4.78, 5) is 30.6. The van der Waals surface area contributed by atoms with Crippen LogP contribution in [0, 0.1) is 11.8 Å². The van der Waals surface area contributed by atoms with E-state index in [0.717, 1.165) is 55.7 Å². The third-order valence-electron chi connectivity index (χ3n) is 6.95. The summed E-state index contributed by atoms with van der Waals surface area (Å²) < 4.78 is 12.9. The number of aromatic nitrogens is 4. The Bertz CT molecular complexity index is 1180. The monoisotopic (exact) mass is 465 g/mol. The number of hydrogen-bond acceptors (Lipinski definition) is 8. The van der Waals surface area contributed by atoms with Crippen LogP contribution in [0.3, 0.4) is 0 Å². The van der Waals surface area contributed by atoms with E-state index in [2.05, 4.69) is 37.1 Å². The summed E-state index contributed by atoms with van der Waals surface area (Å²) in [5.74, 6) is 1.98. The van der Waals surface area contributed by atoms with Crippen LogP contribution in [0.1, 0.15) is 6.42 Å². The van der Waals surface area contributed by atoms with Crippen molar-refractivity contribution >= 4 is 22.6 Å². The van der Waals surface area contributed by atoms with Gasteiger partial charge in [-0.2, -0.15) is 0 Å². The Morgan fingerprint density at radius 1 is 1.06 bits per heavy atom. The molecule has 1 amide bonds. The maximum absolute atomic E-state index is 12.8. The highest BCUT2D eigenvalue weighted by molar-refractivity contribution is 5.96. The van der Waals surface area contributed by atoms with Gasteiger partial charge in [0, 0.05) is 51.1 Å². The van der Waals surface area contributed by atoms with E-state index < -0.39 is 0 Å². The van der Waals surface area contributed by atoms with Gasteiger partial charge in [-0.3, -0.25) is 4.79 Å². The standard InChI is InChI=1S/C24H31N7O3/c1-29-5-7-31(8-6-29)13-16-9-17(16)22(32)28-20-11-15-10-18(30(2)19(15)12-25-20)21-23(33-3)26-14-27-24(21)34-4/h10-12,14,16-17H,5-9,13H2,1-4H3,(H,25,28,32). The van der Waals surface area contributed by atoms with Gasteiger partial charge in [0.05, 0.1) is 31.6 Å². The molecule has 5 rings (SSSR count). The number of carbonyl (C=O) groups is 1. The number of rotatable bonds is 7. The molecule has 1 N–H and O–H groups in total. The Labute approximate surface area is 198 Å². The van der Waals surface area contributed by atoms with E-state index in [0.29, 0.717) is 29.1 Å². The number of piperazine rings is 1. The number of pyridine rings is 1. The number of anilines is 1. The second kappa shape index (κ2) is 9.19. The third kappa shape index (κ3) is 4.30. The van der Waals surface area contributed by atoms with Crippen LogP contribution in [-0.2, 0) is 11.8 Å². The highest BCUT2D eigenvalue weighted by atomic mass is 16.5. The van der Waals surface area contributed by atoms with Crippen LogP contribution in [0.25, 0.3) is 22.2 Å². The number of ether oxygens (including phenoxy) is 2. The molecule has 3 aromatic heterocycles. The molecule has 10 heteroatoms. The molecule has 3 aromatic rings. The van der Waals surface area contributed by atoms with Gasteiger partial charge in [0.25, 0.3) is 0 Å². The van der Waals surface area contributed by atoms with Gasteiger partial charge < -0.3 is 29.2 Å². The maximum atomic E-state index is 12.8. The van der Waals surface area contributed by atoms with E-state index in [4.69, 9.17) is 9.47 Å². The summed E-state index contributed by atoms with van der Waals surface area (Å²) >= 11 is 0. The molecular formula is C24H31N7O3. The minimum atomic E-state index is 0.0573. The summed E-state index contributed by atoms with van der Waals surface area (Å²) in [6.45, 7) is 5.36. The second-order valence-electron chi connectivity index (χ2n) is 9.18. The summed E-state index contributed by atoms with van der Waals surface area (Å²) in [7, 11) is 7.23. The molecule has 1 saturated heterocycles. The van der Waals surface area contributed by atoms with Crippen molar-refractivity contribution < 1.29 is 14.3 Å². The summed E-state index contributed by atoms with van der Waals surface area (Å²) in [5.41, 5.74) is 2.42. The number of likely N-dealkylation sites (N-methyl/N-ethyl adjacent to an activating group) is 1. The van der Waals surface area contributed by atoms with E-state index >= 15 is 0 Å². The van der Waals surface area contributed by atoms with Crippen LogP contribution in [0.5, 0.6) is 11.8 Å². The lowest BCUT2D eigenvalue weighted by atomic mass is 10.2. The molecular weight excluding hydrogens is 434 g/mol. The van der Waals surface area contributed by atoms with E-state index in [1.807, 2.05) is 23.7 Å². The fraction of sp³-hybridized carbons (Fsp3) is 0.500. The average Bonchev–Trinajstić information content (AvgIpc) is 3.55. The Hall–Kier alpha value is -3.24. The summed E-state index contributed by atoms with van der Waals surface area (Å²) in [5, 5.41) is 3.97. The van der Waals surface area contributed by atoms with Crippen LogP contribution in [0.15, 0.2) is 24.7 Å². The van der Waals surface area contributed by atoms with Gasteiger partial charge in [0.2, 0.25) is 17.7 Å². The van der Waals surface area contributed by atoms with E-state index in [9.17, 15) is 4.79 Å². The van der Waals surface area contributed by atoms with E-state index in [-0.39, 0.29) is 11.8 Å². The first-order valence-electron chi connectivity index (χ1n) is 11.6. The van der Waals surface area contributed by atoms with Gasteiger partial charge in [-0.1, -0.05) is 0 Å². The van der Waals surface area contributed by atoms with Gasteiger partial charge in [0.1, 0.15) is 17.7 Å². The normalized spacial score (nSPS) is 20.9. The number of aryl methyl sites for hydroxylation is 1. The Morgan fingerprint density at radius 3 is 2.44 bits per heavy atom. The fourth-order valence-corrected chi connectivity index (χ4v) is 4.78. The molecule has 10 nitrogen and oxygen atoms in total. The number of carbonyl (C=O) groups excluding carboxylic acids is 1. The van der Waals surface area contributed by atoms with Gasteiger partial charge in [-0.25, -0.2) is 15.0 Å². The lowest BCUT2D eigenvalue weighted by Gasteiger charge is -2.32. The topological polar surface area (TPSA) is 97.6 Å². The molecule has 180 valence electrons. The number of methoxy groups -OCH3 is 2. The molecule has 2 unspecified atom stereocenters. The Balaban J connectivity index is 1.31. The van der Waals surface area contributed by atoms with Gasteiger partial charge in [-0.15, -0.1) is 0 Å². The van der Waals surface area contributed by atoms with Crippen molar-refractivity contribution in [2.75, 3.05) is 59.3 Å². The highest BCUT2D eigenvalue weighted by Gasteiger charge is 2.44. The van der Waals surface area contributed by atoms with Crippen LogP contribution in [0.2, 0.25) is 0 Å². The lowest BCUT2D eigenvalue weighted by Crippen LogP contribution is -2.45. The number of amides is 1. The number of fused-ring (bicyclic) bond motifs is 1. The first-order valence-corrected chi connectivity index (χ1v) is 11.6. The number of hydrogen-bond donors (Lipinski definition) is 1. The molecule has 2 aliphatic rings. The maximum Gasteiger partial charge on any atom is 0.229 e. The zero-order chi connectivity index (χ0) is 23.8. The van der Waals surface area contributed by atoms with Gasteiger partial charge >= 0.3 is 0 Å². The quantitative estimate of drug-likeness (QED) is 0.565. The Kier molecular flexibility index (Phi) is 6.09. The number of nitrogens with one attached hydrogen (secondary N) is 1. The summed E-state index contributed by atoms with van der Waals surface area (Å²) in [6.07, 6.45) is 4.13. The number of nitrogens with zero attached hydrogens (tertiary/aromatic N) is 6. The van der Waals surface area contributed by atoms with E-state index in [1.165, 1.54) is 6.33 Å². The molecule has 0 spiro atoms. The molecule has 1 aliphatic heterocycles. The van der Waals surface area contributed by atoms with Crippen LogP contribution in [0.4, 0.5) is 5.82 Å². The van der Waals surface area contributed by atoms with Crippen LogP contribution in [-0.4, -0.2) is 89.2 Å². The predicted octanol–water partition coefficient (Wildman–Crippen LogP) is 1.87. The Morgan fingerprint density at radius 2 is 1.76 bits per heavy atom. The predicted molar refractivity (Wildman–Crippen MR) is 129 cm³/mol. The molecule has 34 heavy (non-hydrogen) atoms. The largest absolute Gasteiger partial charge is 0.480 e. The molecule has 2 fully saturated rings. The summed E-state index contributed by atoms with van der Waals surface area (Å²) in [6, 6.07) is 3.90. The van der Waals surface area contributed by atoms with Crippen molar-refractivity contribution in [1.82, 2.24) is 29.3 Å². The van der Waals surface area contributed by atoms with Gasteiger partial charge in [0.15, 0.2) is 0 Å². The zero-order valence-corrected chi connectivity index (χ0v) is 20.1. The lowest BCUT2D eigenvalue weighted by molar-refractivity contribution is -0.117. The minimum absolute atomic E-state index is 0.0573. The van der Waals surface area contributed by atoms with Crippen molar-refractivity contribution in [2.45, 2.75) is 6.42 Å². The molecule has 2 atom stereocenters. The highest BCUT2D eigenvalue weighted by Crippen LogP contribution is 2.41. The minimum Gasteiger partial charge on any atom is -0.480 e. The van der Waals surface area contributed by atoms with Crippen molar-refractivity contribution in [2.24, 2.45) is 18.9 Å². The van der Waals surface area contributed by atoms with E-state index in [1.54, 1.807) is 20.4 Å². The van der Waals surface area contributed by atoms with Crippen molar-refractivity contribution in [1.29, 1.82) is 0 Å². The molecule has 0 radical (unpaired) electrons. The molecule has 0 aromatic carbocycles. The molecule has 1 aliphatic carbocycles. The van der Waals surface area contributed by atoms with Crippen molar-refractivity contribution in [3.8, 4) is 23.0 Å². The van der Waals surface area contributed by atoms with Crippen molar-refractivity contribution in [3.05, 3.63) is 24.7 Å². The van der Waals surface area contributed by atoms with Crippen LogP contribution < -0.4 is 14.8 Å². The van der Waals surface area contributed by atoms with Gasteiger partial charge in [-0.05, 0) is 31.5 Å². The SMILES string of the molecule is COc1ncnc(OC)c1-c1cc2cc(NC(=O)C3CC3CN3CCN(C)CC3)ncc2n1C. The smallest absolute Gasteiger partial charge is 0.229 e. The first kappa shape index (κ1) is 22.5. The van der Waals surface area contributed by atoms with Crippen LogP contribution >= 0.6 is 0 Å². The molecule has 4 heterocycles.